The summed E-state index contributed by atoms with van der Waals surface area (Å²) < 4.78 is 0. The van der Waals surface area contributed by atoms with Crippen LogP contribution in [0.4, 0.5) is 0 Å². The molecule has 16 heavy (non-hydrogen) atoms. The number of imidazole rings is 1. The predicted molar refractivity (Wildman–Crippen MR) is 69.4 cm³/mol. The summed E-state index contributed by atoms with van der Waals surface area (Å²) in [5, 5.41) is 3.35. The summed E-state index contributed by atoms with van der Waals surface area (Å²) in [5.74, 6) is 0.789. The van der Waals surface area contributed by atoms with Crippen molar-refractivity contribution in [3.05, 3.63) is 39.7 Å². The predicted octanol–water partition coefficient (Wildman–Crippen LogP) is 4.60. The number of fused-ring (bicyclic) bond motifs is 1. The van der Waals surface area contributed by atoms with Crippen LogP contribution in [-0.2, 0) is 0 Å². The number of benzene rings is 1. The molecule has 0 atom stereocenters. The number of halogens is 2. The van der Waals surface area contributed by atoms with Crippen LogP contribution in [0.5, 0.6) is 0 Å². The molecule has 0 aliphatic rings. The third kappa shape index (κ3) is 1.61. The van der Waals surface area contributed by atoms with Crippen molar-refractivity contribution in [2.75, 3.05) is 0 Å². The third-order valence-corrected chi connectivity index (χ3v) is 3.86. The number of hydrogen-bond donors (Lipinski definition) is 1. The molecule has 80 valence electrons. The third-order valence-electron chi connectivity index (χ3n) is 2.28. The van der Waals surface area contributed by atoms with Crippen LogP contribution in [0.25, 0.3) is 21.7 Å². The Labute approximate surface area is 106 Å². The number of thiophene rings is 1. The zero-order chi connectivity index (χ0) is 11.1. The topological polar surface area (TPSA) is 28.7 Å². The fourth-order valence-electron chi connectivity index (χ4n) is 1.55. The highest BCUT2D eigenvalue weighted by Crippen LogP contribution is 2.32. The summed E-state index contributed by atoms with van der Waals surface area (Å²) in [6, 6.07) is 7.43. The molecule has 0 aliphatic heterocycles. The van der Waals surface area contributed by atoms with Crippen molar-refractivity contribution < 1.29 is 0 Å². The lowest BCUT2D eigenvalue weighted by molar-refractivity contribution is 1.36. The number of nitrogens with zero attached hydrogens (tertiary/aromatic N) is 1. The van der Waals surface area contributed by atoms with E-state index in [1.165, 1.54) is 0 Å². The number of nitrogens with one attached hydrogen (secondary N) is 1. The van der Waals surface area contributed by atoms with Gasteiger partial charge in [0.2, 0.25) is 0 Å². The molecule has 5 heteroatoms. The minimum Gasteiger partial charge on any atom is -0.337 e. The highest BCUT2D eigenvalue weighted by atomic mass is 35.5. The molecule has 0 spiro atoms. The number of hydrogen-bond acceptors (Lipinski definition) is 2. The second kappa shape index (κ2) is 3.77. The molecule has 0 unspecified atom stereocenters. The summed E-state index contributed by atoms with van der Waals surface area (Å²) >= 11 is 13.5. The smallest absolute Gasteiger partial charge is 0.150 e. The molecular weight excluding hydrogens is 263 g/mol. The molecule has 0 saturated heterocycles. The molecule has 0 bridgehead atoms. The van der Waals surface area contributed by atoms with Crippen molar-refractivity contribution in [1.29, 1.82) is 0 Å². The maximum absolute atomic E-state index is 6.06. The summed E-state index contributed by atoms with van der Waals surface area (Å²) in [5.41, 5.74) is 1.82. The normalized spacial score (nSPS) is 11.1. The Morgan fingerprint density at radius 2 is 2.06 bits per heavy atom. The van der Waals surface area contributed by atoms with E-state index in [4.69, 9.17) is 23.2 Å². The molecule has 1 N–H and O–H groups in total. The highest BCUT2D eigenvalue weighted by Gasteiger charge is 2.10. The zero-order valence-corrected chi connectivity index (χ0v) is 10.3. The Morgan fingerprint density at radius 3 is 2.81 bits per heavy atom. The van der Waals surface area contributed by atoms with E-state index in [-0.39, 0.29) is 0 Å². The second-order valence-electron chi connectivity index (χ2n) is 3.34. The molecular formula is C11H6Cl2N2S. The van der Waals surface area contributed by atoms with Crippen molar-refractivity contribution in [2.24, 2.45) is 0 Å². The first-order valence-corrected chi connectivity index (χ1v) is 6.26. The average Bonchev–Trinajstić information content (AvgIpc) is 2.82. The lowest BCUT2D eigenvalue weighted by atomic mass is 10.3. The molecule has 2 heterocycles. The molecule has 3 aromatic rings. The van der Waals surface area contributed by atoms with E-state index in [1.54, 1.807) is 11.3 Å². The molecule has 0 saturated carbocycles. The van der Waals surface area contributed by atoms with Crippen LogP contribution < -0.4 is 0 Å². The second-order valence-corrected chi connectivity index (χ2v) is 5.10. The van der Waals surface area contributed by atoms with Gasteiger partial charge in [-0.15, -0.1) is 11.3 Å². The molecule has 0 aliphatic carbocycles. The summed E-state index contributed by atoms with van der Waals surface area (Å²) in [7, 11) is 0. The van der Waals surface area contributed by atoms with Crippen LogP contribution in [0.2, 0.25) is 10.0 Å². The van der Waals surface area contributed by atoms with Crippen molar-refractivity contribution in [2.45, 2.75) is 0 Å². The van der Waals surface area contributed by atoms with Gasteiger partial charge in [-0.1, -0.05) is 23.2 Å². The number of aromatic amines is 1. The largest absolute Gasteiger partial charge is 0.337 e. The van der Waals surface area contributed by atoms with Crippen molar-refractivity contribution in [3.8, 4) is 10.7 Å². The van der Waals surface area contributed by atoms with Crippen LogP contribution in [0.3, 0.4) is 0 Å². The van der Waals surface area contributed by atoms with Gasteiger partial charge in [0.1, 0.15) is 5.82 Å². The molecule has 2 aromatic heterocycles. The maximum Gasteiger partial charge on any atom is 0.150 e. The van der Waals surface area contributed by atoms with Crippen LogP contribution in [0.15, 0.2) is 29.6 Å². The summed E-state index contributed by atoms with van der Waals surface area (Å²) in [6.07, 6.45) is 0. The van der Waals surface area contributed by atoms with E-state index >= 15 is 0 Å². The van der Waals surface area contributed by atoms with E-state index in [0.29, 0.717) is 5.02 Å². The first-order chi connectivity index (χ1) is 7.74. The lowest BCUT2D eigenvalue weighted by Crippen LogP contribution is -1.74. The van der Waals surface area contributed by atoms with Gasteiger partial charge in [0.15, 0.2) is 0 Å². The lowest BCUT2D eigenvalue weighted by Gasteiger charge is -1.90. The van der Waals surface area contributed by atoms with E-state index < -0.39 is 0 Å². The van der Waals surface area contributed by atoms with Gasteiger partial charge in [0.25, 0.3) is 0 Å². The van der Waals surface area contributed by atoms with Crippen LogP contribution in [0.1, 0.15) is 0 Å². The molecule has 0 radical (unpaired) electrons. The van der Waals surface area contributed by atoms with Gasteiger partial charge < -0.3 is 4.98 Å². The van der Waals surface area contributed by atoms with Gasteiger partial charge in [-0.2, -0.15) is 0 Å². The Bertz CT molecular complexity index is 657. The standard InChI is InChI=1S/C11H6Cl2N2S/c12-6-1-2-8-9(5-6)15-11(14-8)10-7(13)3-4-16-10/h1-5H,(H,14,15). The number of aromatic nitrogens is 2. The molecule has 1 aromatic carbocycles. The fraction of sp³-hybridized carbons (Fsp3) is 0. The van der Waals surface area contributed by atoms with E-state index in [2.05, 4.69) is 9.97 Å². The quantitative estimate of drug-likeness (QED) is 0.687. The van der Waals surface area contributed by atoms with Crippen molar-refractivity contribution in [1.82, 2.24) is 9.97 Å². The Kier molecular flexibility index (Phi) is 2.39. The van der Waals surface area contributed by atoms with Crippen LogP contribution in [0, 0.1) is 0 Å². The number of rotatable bonds is 1. The monoisotopic (exact) mass is 268 g/mol. The van der Waals surface area contributed by atoms with Gasteiger partial charge in [0.05, 0.1) is 20.9 Å². The maximum atomic E-state index is 6.06. The molecule has 2 nitrogen and oxygen atoms in total. The summed E-state index contributed by atoms with van der Waals surface area (Å²) in [4.78, 5) is 8.63. The van der Waals surface area contributed by atoms with Gasteiger partial charge >= 0.3 is 0 Å². The van der Waals surface area contributed by atoms with Crippen molar-refractivity contribution in [3.63, 3.8) is 0 Å². The first-order valence-electron chi connectivity index (χ1n) is 4.63. The van der Waals surface area contributed by atoms with Gasteiger partial charge in [-0.05, 0) is 29.6 Å². The Morgan fingerprint density at radius 1 is 1.19 bits per heavy atom. The zero-order valence-electron chi connectivity index (χ0n) is 8.00. The fourth-order valence-corrected chi connectivity index (χ4v) is 2.81. The molecule has 0 fully saturated rings. The molecule has 3 rings (SSSR count). The minimum atomic E-state index is 0.694. The molecule has 0 amide bonds. The van der Waals surface area contributed by atoms with E-state index in [1.807, 2.05) is 29.6 Å². The average molecular weight is 269 g/mol. The van der Waals surface area contributed by atoms with E-state index in [9.17, 15) is 0 Å². The Hall–Kier alpha value is -1.03. The van der Waals surface area contributed by atoms with Gasteiger partial charge in [-0.3, -0.25) is 0 Å². The van der Waals surface area contributed by atoms with Crippen molar-refractivity contribution >= 4 is 45.6 Å². The van der Waals surface area contributed by atoms with E-state index in [0.717, 1.165) is 26.8 Å². The highest BCUT2D eigenvalue weighted by molar-refractivity contribution is 7.14. The number of H-pyrrole nitrogens is 1. The van der Waals surface area contributed by atoms with Gasteiger partial charge in [0, 0.05) is 5.02 Å². The van der Waals surface area contributed by atoms with Gasteiger partial charge in [-0.25, -0.2) is 4.98 Å². The Balaban J connectivity index is 2.23. The minimum absolute atomic E-state index is 0.694. The van der Waals surface area contributed by atoms with Crippen LogP contribution in [-0.4, -0.2) is 9.97 Å². The summed E-state index contributed by atoms with van der Waals surface area (Å²) in [6.45, 7) is 0. The SMILES string of the molecule is Clc1ccc2nc(-c3sccc3Cl)[nH]c2c1. The first kappa shape index (κ1) is 10.1. The van der Waals surface area contributed by atoms with Crippen LogP contribution >= 0.6 is 34.5 Å².